The van der Waals surface area contributed by atoms with Crippen LogP contribution in [-0.2, 0) is 6.42 Å². The zero-order valence-electron chi connectivity index (χ0n) is 24.3. The summed E-state index contributed by atoms with van der Waals surface area (Å²) >= 11 is 0. The Balaban J connectivity index is 1.84. The van der Waals surface area contributed by atoms with E-state index in [0.717, 1.165) is 5.92 Å². The van der Waals surface area contributed by atoms with Crippen LogP contribution >= 0.6 is 0 Å². The Hall–Kier alpha value is -1.04. The molecule has 1 atom stereocenters. The Kier molecular flexibility index (Phi) is 22.5. The van der Waals surface area contributed by atoms with Crippen LogP contribution in [0.5, 0.6) is 0 Å². The molecule has 0 bridgehead atoms. The molecule has 0 heteroatoms. The molecule has 0 heterocycles. The highest BCUT2D eigenvalue weighted by molar-refractivity contribution is 5.49. The third-order valence-electron chi connectivity index (χ3n) is 7.87. The summed E-state index contributed by atoms with van der Waals surface area (Å²) in [5, 5.41) is 0. The van der Waals surface area contributed by atoms with Gasteiger partial charge in [-0.3, -0.25) is 0 Å². The van der Waals surface area contributed by atoms with Crippen LogP contribution in [0.3, 0.4) is 0 Å². The Morgan fingerprint density at radius 3 is 1.49 bits per heavy atom. The van der Waals surface area contributed by atoms with Crippen LogP contribution in [0.15, 0.2) is 30.3 Å². The third-order valence-corrected chi connectivity index (χ3v) is 7.87. The first-order valence-corrected chi connectivity index (χ1v) is 16.0. The molecule has 0 N–H and O–H groups in total. The van der Waals surface area contributed by atoms with Gasteiger partial charge in [-0.05, 0) is 42.7 Å². The normalized spacial score (nSPS) is 12.5. The zero-order chi connectivity index (χ0) is 25.2. The second kappa shape index (κ2) is 24.6. The van der Waals surface area contributed by atoms with Gasteiger partial charge in [-0.2, -0.15) is 0 Å². The average Bonchev–Trinajstić information content (AvgIpc) is 2.88. The molecule has 0 nitrogen and oxygen atoms in total. The predicted molar refractivity (Wildman–Crippen MR) is 161 cm³/mol. The van der Waals surface area contributed by atoms with E-state index in [1.807, 2.05) is 0 Å². The lowest BCUT2D eigenvalue weighted by atomic mass is 9.98. The standard InChI is InChI=1S/C35H62/c1-4-6-7-8-9-10-11-12-13-14-15-16-17-18-19-20-21-22-23-24-27-34-29-31-35(32-30-34)28-25-26-33(3)5-2/h24,27,29-33H,4-23,25-26,28H2,1-3H3. The van der Waals surface area contributed by atoms with E-state index >= 15 is 0 Å². The molecule has 1 rings (SSSR count). The molecular formula is C35H62. The first-order valence-electron chi connectivity index (χ1n) is 16.0. The third kappa shape index (κ3) is 20.8. The summed E-state index contributed by atoms with van der Waals surface area (Å²) in [5.41, 5.74) is 2.85. The van der Waals surface area contributed by atoms with E-state index < -0.39 is 0 Å². The van der Waals surface area contributed by atoms with Crippen molar-refractivity contribution in [3.8, 4) is 0 Å². The molecule has 0 saturated heterocycles. The summed E-state index contributed by atoms with van der Waals surface area (Å²) in [4.78, 5) is 0. The quantitative estimate of drug-likeness (QED) is 0.121. The lowest BCUT2D eigenvalue weighted by molar-refractivity contribution is 0.496. The molecule has 0 aliphatic carbocycles. The van der Waals surface area contributed by atoms with Gasteiger partial charge in [0.15, 0.2) is 0 Å². The van der Waals surface area contributed by atoms with Crippen LogP contribution in [-0.4, -0.2) is 0 Å². The molecule has 35 heavy (non-hydrogen) atoms. The number of aryl methyl sites for hydroxylation is 1. The molecule has 1 unspecified atom stereocenters. The van der Waals surface area contributed by atoms with Crippen molar-refractivity contribution in [2.24, 2.45) is 5.92 Å². The summed E-state index contributed by atoms with van der Waals surface area (Å²) in [7, 11) is 0. The van der Waals surface area contributed by atoms with Crippen molar-refractivity contribution in [1.82, 2.24) is 0 Å². The van der Waals surface area contributed by atoms with Gasteiger partial charge in [0.05, 0.1) is 0 Å². The summed E-state index contributed by atoms with van der Waals surface area (Å²) in [6.45, 7) is 6.97. The van der Waals surface area contributed by atoms with Crippen LogP contribution in [0.2, 0.25) is 0 Å². The van der Waals surface area contributed by atoms with Crippen molar-refractivity contribution in [2.75, 3.05) is 0 Å². The van der Waals surface area contributed by atoms with Crippen LogP contribution < -0.4 is 0 Å². The first kappa shape index (κ1) is 32.0. The van der Waals surface area contributed by atoms with Gasteiger partial charge in [-0.1, -0.05) is 179 Å². The SMILES string of the molecule is CCCCCCCCCCCCCCCCCCCCC=Cc1ccc(CCCC(C)CC)cc1. The number of hydrogen-bond acceptors (Lipinski definition) is 0. The van der Waals surface area contributed by atoms with E-state index in [-0.39, 0.29) is 0 Å². The molecule has 0 spiro atoms. The van der Waals surface area contributed by atoms with Crippen molar-refractivity contribution in [3.63, 3.8) is 0 Å². The summed E-state index contributed by atoms with van der Waals surface area (Å²) < 4.78 is 0. The Labute approximate surface area is 221 Å². The second-order valence-electron chi connectivity index (χ2n) is 11.3. The Morgan fingerprint density at radius 2 is 1.03 bits per heavy atom. The van der Waals surface area contributed by atoms with Crippen LogP contribution in [0.4, 0.5) is 0 Å². The van der Waals surface area contributed by atoms with E-state index in [2.05, 4.69) is 57.2 Å². The molecule has 0 aromatic heterocycles. The number of unbranched alkanes of at least 4 members (excludes halogenated alkanes) is 18. The maximum Gasteiger partial charge on any atom is -0.0260 e. The molecule has 0 amide bonds. The van der Waals surface area contributed by atoms with E-state index in [1.54, 1.807) is 0 Å². The highest BCUT2D eigenvalue weighted by Gasteiger charge is 1.99. The summed E-state index contributed by atoms with van der Waals surface area (Å²) in [5.74, 6) is 0.872. The monoisotopic (exact) mass is 482 g/mol. The fourth-order valence-corrected chi connectivity index (χ4v) is 5.04. The van der Waals surface area contributed by atoms with Gasteiger partial charge in [0, 0.05) is 0 Å². The topological polar surface area (TPSA) is 0 Å². The van der Waals surface area contributed by atoms with Crippen molar-refractivity contribution in [2.45, 2.75) is 168 Å². The number of allylic oxidation sites excluding steroid dienone is 1. The van der Waals surface area contributed by atoms with Gasteiger partial charge < -0.3 is 0 Å². The van der Waals surface area contributed by atoms with Crippen molar-refractivity contribution >= 4 is 6.08 Å². The van der Waals surface area contributed by atoms with Gasteiger partial charge >= 0.3 is 0 Å². The maximum atomic E-state index is 2.38. The van der Waals surface area contributed by atoms with Gasteiger partial charge in [0.1, 0.15) is 0 Å². The minimum atomic E-state index is 0.872. The van der Waals surface area contributed by atoms with Crippen LogP contribution in [0, 0.1) is 5.92 Å². The molecular weight excluding hydrogens is 420 g/mol. The molecule has 1 aromatic carbocycles. The molecule has 1 aromatic rings. The summed E-state index contributed by atoms with van der Waals surface area (Å²) in [6, 6.07) is 9.24. The maximum absolute atomic E-state index is 2.38. The van der Waals surface area contributed by atoms with Crippen molar-refractivity contribution in [1.29, 1.82) is 0 Å². The lowest BCUT2D eigenvalue weighted by Crippen LogP contribution is -1.94. The predicted octanol–water partition coefficient (Wildman–Crippen LogP) is 12.5. The Bertz CT molecular complexity index is 566. The summed E-state index contributed by atoms with van der Waals surface area (Å²) in [6.07, 6.45) is 37.2. The number of rotatable bonds is 25. The van der Waals surface area contributed by atoms with Crippen LogP contribution in [0.25, 0.3) is 6.08 Å². The largest absolute Gasteiger partial charge is 0.0839 e. The molecule has 202 valence electrons. The highest BCUT2D eigenvalue weighted by Crippen LogP contribution is 2.16. The first-order chi connectivity index (χ1) is 17.3. The molecule has 0 saturated carbocycles. The smallest absolute Gasteiger partial charge is 0.0260 e. The fraction of sp³-hybridized carbons (Fsp3) is 0.771. The molecule has 0 fully saturated rings. The average molecular weight is 483 g/mol. The van der Waals surface area contributed by atoms with Crippen molar-refractivity contribution in [3.05, 3.63) is 41.5 Å². The molecule has 0 aliphatic heterocycles. The van der Waals surface area contributed by atoms with Gasteiger partial charge in [-0.25, -0.2) is 0 Å². The molecule has 0 aliphatic rings. The van der Waals surface area contributed by atoms with Crippen LogP contribution in [0.1, 0.15) is 173 Å². The number of hydrogen-bond donors (Lipinski definition) is 0. The van der Waals surface area contributed by atoms with Gasteiger partial charge in [-0.15, -0.1) is 0 Å². The van der Waals surface area contributed by atoms with Gasteiger partial charge in [0.25, 0.3) is 0 Å². The van der Waals surface area contributed by atoms with E-state index in [0.29, 0.717) is 0 Å². The minimum Gasteiger partial charge on any atom is -0.0839 e. The minimum absolute atomic E-state index is 0.872. The van der Waals surface area contributed by atoms with Crippen molar-refractivity contribution < 1.29 is 0 Å². The second-order valence-corrected chi connectivity index (χ2v) is 11.3. The Morgan fingerprint density at radius 1 is 0.571 bits per heavy atom. The molecule has 0 radical (unpaired) electrons. The lowest BCUT2D eigenvalue weighted by Gasteiger charge is -2.07. The highest BCUT2D eigenvalue weighted by atomic mass is 14.1. The van der Waals surface area contributed by atoms with E-state index in [4.69, 9.17) is 0 Å². The zero-order valence-corrected chi connectivity index (χ0v) is 24.3. The van der Waals surface area contributed by atoms with E-state index in [9.17, 15) is 0 Å². The van der Waals surface area contributed by atoms with Gasteiger partial charge in [0.2, 0.25) is 0 Å². The number of benzene rings is 1. The fourth-order valence-electron chi connectivity index (χ4n) is 5.04. The van der Waals surface area contributed by atoms with E-state index in [1.165, 1.54) is 159 Å².